The molecule has 0 saturated carbocycles. The Labute approximate surface area is 122 Å². The fraction of sp³-hybridized carbons (Fsp3) is 0.412. The summed E-state index contributed by atoms with van der Waals surface area (Å²) in [4.78, 5) is 7.65. The third-order valence-electron chi connectivity index (χ3n) is 2.72. The van der Waals surface area contributed by atoms with Crippen molar-refractivity contribution in [3.63, 3.8) is 0 Å². The van der Waals surface area contributed by atoms with Gasteiger partial charge in [0.05, 0.1) is 12.3 Å². The quantitative estimate of drug-likeness (QED) is 0.424. The topological polar surface area (TPSA) is 24.5 Å². The second-order valence-corrected chi connectivity index (χ2v) is 4.92. The smallest absolute Gasteiger partial charge is 0.0758 e. The zero-order valence-electron chi connectivity index (χ0n) is 12.8. The Kier molecular flexibility index (Phi) is 8.43. The van der Waals surface area contributed by atoms with Crippen LogP contribution in [0.4, 0.5) is 0 Å². The van der Waals surface area contributed by atoms with Crippen LogP contribution < -0.4 is 5.48 Å². The minimum Gasteiger partial charge on any atom is -0.309 e. The summed E-state index contributed by atoms with van der Waals surface area (Å²) in [6, 6.07) is 10.3. The van der Waals surface area contributed by atoms with E-state index in [0.29, 0.717) is 6.61 Å². The zero-order chi connectivity index (χ0) is 14.6. The molecule has 0 fully saturated rings. The maximum absolute atomic E-state index is 5.49. The highest BCUT2D eigenvalue weighted by Crippen LogP contribution is 2.04. The van der Waals surface area contributed by atoms with E-state index in [9.17, 15) is 0 Å². The molecule has 1 aromatic carbocycles. The van der Waals surface area contributed by atoms with Crippen molar-refractivity contribution in [2.75, 3.05) is 27.2 Å². The molecule has 1 rings (SSSR count). The van der Waals surface area contributed by atoms with E-state index in [1.165, 1.54) is 5.56 Å². The van der Waals surface area contributed by atoms with Crippen LogP contribution in [0, 0.1) is 0 Å². The van der Waals surface area contributed by atoms with Crippen LogP contribution in [0.25, 0.3) is 6.08 Å². The van der Waals surface area contributed by atoms with E-state index in [1.54, 1.807) is 0 Å². The van der Waals surface area contributed by atoms with Crippen molar-refractivity contribution in [2.45, 2.75) is 19.8 Å². The molecule has 20 heavy (non-hydrogen) atoms. The summed E-state index contributed by atoms with van der Waals surface area (Å²) < 4.78 is 0. The van der Waals surface area contributed by atoms with E-state index >= 15 is 0 Å². The van der Waals surface area contributed by atoms with Crippen LogP contribution in [0.1, 0.15) is 25.3 Å². The molecular weight excluding hydrogens is 248 g/mol. The molecule has 0 aliphatic carbocycles. The van der Waals surface area contributed by atoms with Gasteiger partial charge in [-0.2, -0.15) is 0 Å². The van der Waals surface area contributed by atoms with Crippen molar-refractivity contribution >= 4 is 6.08 Å². The SMILES string of the molecule is CCC=C(C=Cc1ccccc1)NOCCCN(C)C. The van der Waals surface area contributed by atoms with Gasteiger partial charge in [-0.05, 0) is 45.1 Å². The summed E-state index contributed by atoms with van der Waals surface area (Å²) >= 11 is 0. The second kappa shape index (κ2) is 10.2. The number of rotatable bonds is 9. The first-order chi connectivity index (χ1) is 9.72. The fourth-order valence-electron chi connectivity index (χ4n) is 1.70. The summed E-state index contributed by atoms with van der Waals surface area (Å²) in [5, 5.41) is 0. The normalized spacial score (nSPS) is 12.3. The average Bonchev–Trinajstić information content (AvgIpc) is 2.45. The molecular formula is C17H26N2O. The van der Waals surface area contributed by atoms with Gasteiger partial charge in [-0.3, -0.25) is 10.3 Å². The van der Waals surface area contributed by atoms with Gasteiger partial charge in [-0.15, -0.1) is 0 Å². The van der Waals surface area contributed by atoms with Crippen molar-refractivity contribution in [3.05, 3.63) is 53.7 Å². The van der Waals surface area contributed by atoms with Gasteiger partial charge in [0.1, 0.15) is 0 Å². The van der Waals surface area contributed by atoms with Crippen molar-refractivity contribution in [3.8, 4) is 0 Å². The molecule has 0 heterocycles. The van der Waals surface area contributed by atoms with Crippen LogP contribution in [0.5, 0.6) is 0 Å². The summed E-state index contributed by atoms with van der Waals surface area (Å²) in [5.74, 6) is 0. The van der Waals surface area contributed by atoms with Crippen LogP contribution in [-0.4, -0.2) is 32.1 Å². The van der Waals surface area contributed by atoms with Crippen molar-refractivity contribution < 1.29 is 4.84 Å². The van der Waals surface area contributed by atoms with Gasteiger partial charge in [-0.1, -0.05) is 49.4 Å². The minimum atomic E-state index is 0.707. The number of nitrogens with zero attached hydrogens (tertiary/aromatic N) is 1. The molecule has 0 spiro atoms. The number of allylic oxidation sites excluding steroid dienone is 2. The van der Waals surface area contributed by atoms with Crippen LogP contribution in [0.2, 0.25) is 0 Å². The molecule has 0 bridgehead atoms. The number of nitrogens with one attached hydrogen (secondary N) is 1. The Morgan fingerprint density at radius 1 is 1.25 bits per heavy atom. The Morgan fingerprint density at radius 3 is 2.65 bits per heavy atom. The van der Waals surface area contributed by atoms with E-state index in [4.69, 9.17) is 4.84 Å². The van der Waals surface area contributed by atoms with Crippen molar-refractivity contribution in [1.82, 2.24) is 10.4 Å². The number of benzene rings is 1. The number of hydrogen-bond donors (Lipinski definition) is 1. The van der Waals surface area contributed by atoms with Gasteiger partial charge in [0.2, 0.25) is 0 Å². The van der Waals surface area contributed by atoms with E-state index in [-0.39, 0.29) is 0 Å². The number of hydroxylamine groups is 1. The van der Waals surface area contributed by atoms with E-state index in [2.05, 4.69) is 55.7 Å². The van der Waals surface area contributed by atoms with Crippen LogP contribution in [0.15, 0.2) is 48.2 Å². The van der Waals surface area contributed by atoms with Crippen LogP contribution >= 0.6 is 0 Å². The highest BCUT2D eigenvalue weighted by atomic mass is 16.6. The average molecular weight is 274 g/mol. The van der Waals surface area contributed by atoms with E-state index < -0.39 is 0 Å². The highest BCUT2D eigenvalue weighted by molar-refractivity contribution is 5.52. The van der Waals surface area contributed by atoms with Gasteiger partial charge in [0, 0.05) is 0 Å². The van der Waals surface area contributed by atoms with Crippen LogP contribution in [0.3, 0.4) is 0 Å². The van der Waals surface area contributed by atoms with Gasteiger partial charge >= 0.3 is 0 Å². The largest absolute Gasteiger partial charge is 0.309 e. The first-order valence-electron chi connectivity index (χ1n) is 7.18. The molecule has 0 radical (unpaired) electrons. The number of hydrogen-bond acceptors (Lipinski definition) is 3. The first kappa shape index (κ1) is 16.5. The van der Waals surface area contributed by atoms with E-state index in [1.807, 2.05) is 24.3 Å². The molecule has 110 valence electrons. The summed E-state index contributed by atoms with van der Waals surface area (Å²) in [5.41, 5.74) is 5.21. The summed E-state index contributed by atoms with van der Waals surface area (Å²) in [7, 11) is 4.14. The summed E-state index contributed by atoms with van der Waals surface area (Å²) in [6.45, 7) is 3.86. The molecule has 0 aliphatic rings. The molecule has 1 aromatic rings. The Morgan fingerprint density at radius 2 is 2.00 bits per heavy atom. The predicted octanol–water partition coefficient (Wildman–Crippen LogP) is 3.47. The van der Waals surface area contributed by atoms with Crippen molar-refractivity contribution in [2.24, 2.45) is 0 Å². The third-order valence-corrected chi connectivity index (χ3v) is 2.72. The van der Waals surface area contributed by atoms with Crippen molar-refractivity contribution in [1.29, 1.82) is 0 Å². The molecule has 3 heteroatoms. The Hall–Kier alpha value is -1.58. The standard InChI is InChI=1S/C17H26N2O/c1-4-9-17(18-20-15-8-14-19(2)3)13-12-16-10-6-5-7-11-16/h5-7,9-13,18H,4,8,14-15H2,1-3H3. The molecule has 1 N–H and O–H groups in total. The molecule has 0 aliphatic heterocycles. The maximum atomic E-state index is 5.49. The molecule has 0 aromatic heterocycles. The monoisotopic (exact) mass is 274 g/mol. The molecule has 0 unspecified atom stereocenters. The highest BCUT2D eigenvalue weighted by Gasteiger charge is 1.94. The molecule has 0 saturated heterocycles. The van der Waals surface area contributed by atoms with E-state index in [0.717, 1.165) is 25.1 Å². The third kappa shape index (κ3) is 7.77. The zero-order valence-corrected chi connectivity index (χ0v) is 12.8. The fourth-order valence-corrected chi connectivity index (χ4v) is 1.70. The molecule has 0 atom stereocenters. The molecule has 3 nitrogen and oxygen atoms in total. The molecule has 0 amide bonds. The Bertz CT molecular complexity index is 410. The lowest BCUT2D eigenvalue weighted by Gasteiger charge is -2.11. The van der Waals surface area contributed by atoms with Gasteiger partial charge in [0.15, 0.2) is 0 Å². The predicted molar refractivity (Wildman–Crippen MR) is 86.1 cm³/mol. The first-order valence-corrected chi connectivity index (χ1v) is 7.18. The van der Waals surface area contributed by atoms with Gasteiger partial charge in [0.25, 0.3) is 0 Å². The van der Waals surface area contributed by atoms with Gasteiger partial charge < -0.3 is 4.90 Å². The summed E-state index contributed by atoms with van der Waals surface area (Å²) in [6.07, 6.45) is 8.23. The second-order valence-electron chi connectivity index (χ2n) is 4.92. The van der Waals surface area contributed by atoms with Gasteiger partial charge in [-0.25, -0.2) is 0 Å². The minimum absolute atomic E-state index is 0.707. The lowest BCUT2D eigenvalue weighted by molar-refractivity contribution is 0.0599. The lowest BCUT2D eigenvalue weighted by atomic mass is 10.2. The maximum Gasteiger partial charge on any atom is 0.0758 e. The Balaban J connectivity index is 2.38. The lowest BCUT2D eigenvalue weighted by Crippen LogP contribution is -2.18. The van der Waals surface area contributed by atoms with Crippen LogP contribution in [-0.2, 0) is 4.84 Å².